The number of carbonyl (C=O) groups is 4. The Bertz CT molecular complexity index is 1220. The molecule has 2 aromatic heterocycles. The first-order valence-corrected chi connectivity index (χ1v) is 9.79. The monoisotopic (exact) mass is 460 g/mol. The zero-order chi connectivity index (χ0) is 24.5. The fourth-order valence-electron chi connectivity index (χ4n) is 2.65. The van der Waals surface area contributed by atoms with E-state index in [4.69, 9.17) is 0 Å². The second-order valence-electron chi connectivity index (χ2n) is 6.70. The Morgan fingerprint density at radius 3 is 1.85 bits per heavy atom. The molecule has 10 heteroatoms. The third-order valence-corrected chi connectivity index (χ3v) is 4.35. The van der Waals surface area contributed by atoms with Crippen LogP contribution in [0.25, 0.3) is 6.08 Å². The van der Waals surface area contributed by atoms with E-state index in [9.17, 15) is 28.0 Å². The van der Waals surface area contributed by atoms with Crippen LogP contribution in [0.2, 0.25) is 0 Å². The van der Waals surface area contributed by atoms with Gasteiger partial charge in [-0.15, -0.1) is 0 Å². The highest BCUT2D eigenvalue weighted by atomic mass is 18.2. The summed E-state index contributed by atoms with van der Waals surface area (Å²) >= 11 is 0. The summed E-state index contributed by atoms with van der Waals surface area (Å²) in [4.78, 5) is 53.7. The summed E-state index contributed by atoms with van der Waals surface area (Å²) < 4.78 is 25.0. The molecule has 0 bridgehead atoms. The second kappa shape index (κ2) is 11.2. The first-order chi connectivity index (χ1) is 16.3. The minimum Gasteiger partial charge on any atom is -0.272 e. The summed E-state index contributed by atoms with van der Waals surface area (Å²) in [7, 11) is 0. The molecule has 0 aromatic carbocycles. The lowest BCUT2D eigenvalue weighted by Crippen LogP contribution is -2.30. The molecule has 0 saturated carbocycles. The van der Waals surface area contributed by atoms with Gasteiger partial charge in [-0.1, -0.05) is 24.0 Å². The zero-order valence-electron chi connectivity index (χ0n) is 17.5. The number of imide groups is 2. The minimum absolute atomic E-state index is 0.0159. The molecular formula is C24H16F2N4O4. The minimum atomic E-state index is -0.579. The molecule has 0 radical (unpaired) electrons. The third kappa shape index (κ3) is 6.61. The Morgan fingerprint density at radius 2 is 1.32 bits per heavy atom. The van der Waals surface area contributed by atoms with Crippen LogP contribution in [-0.2, 0) is 19.2 Å². The van der Waals surface area contributed by atoms with Crippen molar-refractivity contribution >= 4 is 29.7 Å². The van der Waals surface area contributed by atoms with Gasteiger partial charge in [0.25, 0.3) is 23.6 Å². The van der Waals surface area contributed by atoms with Gasteiger partial charge in [-0.2, -0.15) is 8.78 Å². The average Bonchev–Trinajstić information content (AvgIpc) is 3.32. The van der Waals surface area contributed by atoms with Gasteiger partial charge in [0, 0.05) is 48.8 Å². The van der Waals surface area contributed by atoms with E-state index in [2.05, 4.69) is 21.8 Å². The number of rotatable bonds is 4. The summed E-state index contributed by atoms with van der Waals surface area (Å²) in [5.74, 6) is 2.83. The van der Waals surface area contributed by atoms with Gasteiger partial charge in [-0.05, 0) is 29.8 Å². The molecule has 4 heterocycles. The van der Waals surface area contributed by atoms with Gasteiger partial charge in [0.05, 0.1) is 6.54 Å². The molecule has 0 saturated heterocycles. The zero-order valence-corrected chi connectivity index (χ0v) is 17.5. The Balaban J connectivity index is 0.000000191. The number of hydrogen-bond donors (Lipinski definition) is 0. The SMILES string of the molecule is O=C1C=CC(=O)N1C/C=C/c1ccc([18F])nc1.O=C1C=CC(=O)N1CC#Cc1ccc([18F])nc1. The van der Waals surface area contributed by atoms with E-state index in [0.29, 0.717) is 11.1 Å². The molecule has 0 fully saturated rings. The van der Waals surface area contributed by atoms with Gasteiger partial charge in [-0.25, -0.2) is 9.97 Å². The molecule has 0 atom stereocenters. The number of hydrogen-bond acceptors (Lipinski definition) is 6. The molecule has 4 amide bonds. The Hall–Kier alpha value is -4.78. The molecule has 2 aliphatic heterocycles. The smallest absolute Gasteiger partial charge is 0.254 e. The second-order valence-corrected chi connectivity index (χ2v) is 6.70. The van der Waals surface area contributed by atoms with Gasteiger partial charge >= 0.3 is 0 Å². The summed E-state index contributed by atoms with van der Waals surface area (Å²) in [6.45, 7) is 0.212. The van der Waals surface area contributed by atoms with Crippen LogP contribution in [0.1, 0.15) is 11.1 Å². The predicted octanol–water partition coefficient (Wildman–Crippen LogP) is 1.66. The van der Waals surface area contributed by atoms with E-state index in [1.54, 1.807) is 18.2 Å². The molecule has 170 valence electrons. The lowest BCUT2D eigenvalue weighted by molar-refractivity contribution is -0.137. The van der Waals surface area contributed by atoms with E-state index in [1.807, 2.05) is 0 Å². The quantitative estimate of drug-likeness (QED) is 0.391. The lowest BCUT2D eigenvalue weighted by Gasteiger charge is -2.09. The highest BCUT2D eigenvalue weighted by Crippen LogP contribution is 2.06. The van der Waals surface area contributed by atoms with Crippen molar-refractivity contribution in [1.29, 1.82) is 0 Å². The Labute approximate surface area is 192 Å². The van der Waals surface area contributed by atoms with Crippen molar-refractivity contribution in [3.8, 4) is 11.8 Å². The maximum atomic E-state index is 12.5. The molecule has 8 nitrogen and oxygen atoms in total. The standard InChI is InChI=1S/C12H9FN2O2.C12H7FN2O2/c2*13-10-4-3-9(8-14-10)2-1-7-15-11(16)5-6-12(15)17/h1-6,8H,7H2;3-6,8H,7H2/b2-1+;/i2*13-1. The van der Waals surface area contributed by atoms with E-state index in [1.165, 1.54) is 54.9 Å². The topological polar surface area (TPSA) is 101 Å². The normalized spacial score (nSPS) is 14.5. The molecule has 34 heavy (non-hydrogen) atoms. The van der Waals surface area contributed by atoms with E-state index in [0.717, 1.165) is 9.80 Å². The van der Waals surface area contributed by atoms with Gasteiger partial charge < -0.3 is 0 Å². The first kappa shape index (κ1) is 23.9. The molecule has 0 aliphatic carbocycles. The highest BCUT2D eigenvalue weighted by Gasteiger charge is 2.22. The van der Waals surface area contributed by atoms with Gasteiger partial charge in [0.1, 0.15) is 0 Å². The van der Waals surface area contributed by atoms with Crippen LogP contribution in [0.3, 0.4) is 0 Å². The molecule has 4 rings (SSSR count). The van der Waals surface area contributed by atoms with Gasteiger partial charge in [0.15, 0.2) is 0 Å². The summed E-state index contributed by atoms with van der Waals surface area (Å²) in [6.07, 6.45) is 10.8. The first-order valence-electron chi connectivity index (χ1n) is 9.79. The Kier molecular flexibility index (Phi) is 7.86. The van der Waals surface area contributed by atoms with Crippen molar-refractivity contribution in [3.63, 3.8) is 0 Å². The van der Waals surface area contributed by atoms with Crippen LogP contribution in [0.4, 0.5) is 8.78 Å². The number of carbonyl (C=O) groups excluding carboxylic acids is 4. The van der Waals surface area contributed by atoms with E-state index in [-0.39, 0.29) is 36.7 Å². The number of aromatic nitrogens is 2. The van der Waals surface area contributed by atoms with Crippen molar-refractivity contribution < 1.29 is 28.0 Å². The van der Waals surface area contributed by atoms with Gasteiger partial charge in [-0.3, -0.25) is 29.0 Å². The molecule has 0 unspecified atom stereocenters. The van der Waals surface area contributed by atoms with Crippen LogP contribution >= 0.6 is 0 Å². The molecular weight excluding hydrogens is 444 g/mol. The van der Waals surface area contributed by atoms with Crippen molar-refractivity contribution in [2.24, 2.45) is 0 Å². The Morgan fingerprint density at radius 1 is 0.765 bits per heavy atom. The largest absolute Gasteiger partial charge is 0.272 e. The summed E-state index contributed by atoms with van der Waals surface area (Å²) in [5.41, 5.74) is 1.23. The van der Waals surface area contributed by atoms with Gasteiger partial charge in [0.2, 0.25) is 11.9 Å². The molecule has 2 aromatic rings. The van der Waals surface area contributed by atoms with E-state index < -0.39 is 11.9 Å². The van der Waals surface area contributed by atoms with Crippen molar-refractivity contribution in [1.82, 2.24) is 19.8 Å². The summed E-state index contributed by atoms with van der Waals surface area (Å²) in [6, 6.07) is 5.47. The van der Waals surface area contributed by atoms with E-state index >= 15 is 0 Å². The number of halogens is 2. The number of pyridine rings is 2. The highest BCUT2D eigenvalue weighted by molar-refractivity contribution is 6.13. The van der Waals surface area contributed by atoms with Crippen LogP contribution in [0, 0.1) is 23.7 Å². The molecule has 2 aliphatic rings. The third-order valence-electron chi connectivity index (χ3n) is 4.35. The predicted molar refractivity (Wildman–Crippen MR) is 116 cm³/mol. The van der Waals surface area contributed by atoms with Crippen LogP contribution in [0.15, 0.2) is 67.0 Å². The molecule has 0 spiro atoms. The van der Waals surface area contributed by atoms with Crippen LogP contribution in [-0.4, -0.2) is 56.5 Å². The average molecular weight is 460 g/mol. The maximum absolute atomic E-state index is 12.5. The lowest BCUT2D eigenvalue weighted by atomic mass is 10.2. The van der Waals surface area contributed by atoms with Crippen molar-refractivity contribution in [2.45, 2.75) is 0 Å². The molecule has 0 N–H and O–H groups in total. The van der Waals surface area contributed by atoms with Crippen molar-refractivity contribution in [2.75, 3.05) is 13.1 Å². The van der Waals surface area contributed by atoms with Crippen molar-refractivity contribution in [3.05, 3.63) is 90.1 Å². The fourth-order valence-corrected chi connectivity index (χ4v) is 2.65. The summed E-state index contributed by atoms with van der Waals surface area (Å²) in [5, 5.41) is 0. The van der Waals surface area contributed by atoms with Crippen LogP contribution in [0.5, 0.6) is 0 Å². The van der Waals surface area contributed by atoms with Crippen LogP contribution < -0.4 is 0 Å². The number of nitrogens with zero attached hydrogens (tertiary/aromatic N) is 4. The number of amides is 4. The fraction of sp³-hybridized carbons (Fsp3) is 0.0833. The maximum Gasteiger partial charge on any atom is 0.254 e.